The normalized spacial score (nSPS) is 14.7. The van der Waals surface area contributed by atoms with E-state index in [1.54, 1.807) is 12.1 Å². The van der Waals surface area contributed by atoms with Gasteiger partial charge in [-0.25, -0.2) is 9.59 Å². The van der Waals surface area contributed by atoms with Gasteiger partial charge in [-0.3, -0.25) is 4.79 Å². The molecule has 0 bridgehead atoms. The number of benzene rings is 1. The van der Waals surface area contributed by atoms with Gasteiger partial charge in [0.05, 0.1) is 5.56 Å². The number of carbonyl (C=O) groups is 3. The molecular formula is C19H25N3O4. The number of rotatable bonds is 7. The molecule has 7 nitrogen and oxygen atoms in total. The minimum absolute atomic E-state index is 0.225. The van der Waals surface area contributed by atoms with Crippen LogP contribution in [0.1, 0.15) is 49.4 Å². The van der Waals surface area contributed by atoms with Gasteiger partial charge in [-0.05, 0) is 57.2 Å². The van der Waals surface area contributed by atoms with E-state index in [1.165, 1.54) is 37.5 Å². The van der Waals surface area contributed by atoms with E-state index >= 15 is 0 Å². The molecule has 1 aliphatic rings. The summed E-state index contributed by atoms with van der Waals surface area (Å²) in [7, 11) is 0. The van der Waals surface area contributed by atoms with Crippen LogP contribution in [0.25, 0.3) is 0 Å². The molecule has 0 fully saturated rings. The van der Waals surface area contributed by atoms with Gasteiger partial charge in [0.15, 0.2) is 6.10 Å². The number of hydrogen-bond donors (Lipinski definition) is 3. The number of primary amides is 1. The molecule has 7 heteroatoms. The fraction of sp³-hybridized carbons (Fsp3) is 0.421. The molecule has 140 valence electrons. The van der Waals surface area contributed by atoms with Crippen LogP contribution >= 0.6 is 0 Å². The van der Waals surface area contributed by atoms with Crippen LogP contribution < -0.4 is 16.4 Å². The third-order valence-corrected chi connectivity index (χ3v) is 4.15. The highest BCUT2D eigenvalue weighted by atomic mass is 16.5. The van der Waals surface area contributed by atoms with Crippen molar-refractivity contribution in [3.8, 4) is 0 Å². The lowest BCUT2D eigenvalue weighted by Crippen LogP contribution is -2.36. The first-order valence-electron chi connectivity index (χ1n) is 8.79. The fourth-order valence-electron chi connectivity index (χ4n) is 2.77. The van der Waals surface area contributed by atoms with E-state index in [2.05, 4.69) is 16.7 Å². The number of anilines is 1. The standard InChI is InChI=1S/C19H25N3O4/c1-13(17(23)21-11-10-14-6-3-2-4-7-14)26-18(24)15-8-5-9-16(12-15)22-19(20)25/h5-6,8-9,12-13H,2-4,7,10-11H2,1H3,(H,21,23)(H3,20,22,25). The Morgan fingerprint density at radius 1 is 1.27 bits per heavy atom. The molecule has 1 aromatic carbocycles. The Kier molecular flexibility index (Phi) is 7.20. The number of hydrogen-bond acceptors (Lipinski definition) is 4. The van der Waals surface area contributed by atoms with Crippen molar-refractivity contribution >= 4 is 23.6 Å². The van der Waals surface area contributed by atoms with Crippen LogP contribution in [0.4, 0.5) is 10.5 Å². The van der Waals surface area contributed by atoms with E-state index in [4.69, 9.17) is 10.5 Å². The van der Waals surface area contributed by atoms with Crippen LogP contribution in [-0.4, -0.2) is 30.6 Å². The Morgan fingerprint density at radius 3 is 2.77 bits per heavy atom. The van der Waals surface area contributed by atoms with Crippen molar-refractivity contribution in [2.24, 2.45) is 5.73 Å². The first kappa shape index (κ1) is 19.5. The van der Waals surface area contributed by atoms with E-state index in [-0.39, 0.29) is 11.5 Å². The molecule has 0 saturated carbocycles. The lowest BCUT2D eigenvalue weighted by atomic mass is 9.97. The monoisotopic (exact) mass is 359 g/mol. The van der Waals surface area contributed by atoms with Crippen LogP contribution in [-0.2, 0) is 9.53 Å². The Bertz CT molecular complexity index is 700. The molecule has 26 heavy (non-hydrogen) atoms. The van der Waals surface area contributed by atoms with Gasteiger partial charge in [0.1, 0.15) is 0 Å². The third kappa shape index (κ3) is 6.23. The molecule has 0 aliphatic heterocycles. The summed E-state index contributed by atoms with van der Waals surface area (Å²) < 4.78 is 5.19. The van der Waals surface area contributed by atoms with Gasteiger partial charge < -0.3 is 21.1 Å². The lowest BCUT2D eigenvalue weighted by molar-refractivity contribution is -0.129. The van der Waals surface area contributed by atoms with Crippen molar-refractivity contribution in [1.82, 2.24) is 5.32 Å². The van der Waals surface area contributed by atoms with Gasteiger partial charge in [0, 0.05) is 12.2 Å². The Morgan fingerprint density at radius 2 is 2.08 bits per heavy atom. The summed E-state index contributed by atoms with van der Waals surface area (Å²) in [6.45, 7) is 2.06. The number of ether oxygens (including phenoxy) is 1. The van der Waals surface area contributed by atoms with Crippen molar-refractivity contribution in [2.45, 2.75) is 45.1 Å². The number of urea groups is 1. The molecule has 0 aromatic heterocycles. The number of amides is 3. The summed E-state index contributed by atoms with van der Waals surface area (Å²) in [5.41, 5.74) is 7.03. The zero-order valence-electron chi connectivity index (χ0n) is 14.9. The zero-order valence-corrected chi connectivity index (χ0v) is 14.9. The van der Waals surface area contributed by atoms with Crippen molar-refractivity contribution in [2.75, 3.05) is 11.9 Å². The van der Waals surface area contributed by atoms with Crippen molar-refractivity contribution in [1.29, 1.82) is 0 Å². The molecule has 3 amide bonds. The zero-order chi connectivity index (χ0) is 18.9. The molecular weight excluding hydrogens is 334 g/mol. The SMILES string of the molecule is CC(OC(=O)c1cccc(NC(N)=O)c1)C(=O)NCCC1=CCCCC1. The van der Waals surface area contributed by atoms with E-state index in [1.807, 2.05) is 0 Å². The third-order valence-electron chi connectivity index (χ3n) is 4.15. The number of esters is 1. The van der Waals surface area contributed by atoms with Crippen molar-refractivity contribution in [3.05, 3.63) is 41.5 Å². The maximum absolute atomic E-state index is 12.2. The molecule has 1 aliphatic carbocycles. The van der Waals surface area contributed by atoms with Gasteiger partial charge in [0.25, 0.3) is 5.91 Å². The van der Waals surface area contributed by atoms with E-state index in [0.29, 0.717) is 12.2 Å². The average molecular weight is 359 g/mol. The van der Waals surface area contributed by atoms with Gasteiger partial charge in [-0.2, -0.15) is 0 Å². The molecule has 1 aromatic rings. The summed E-state index contributed by atoms with van der Waals surface area (Å²) in [6.07, 6.45) is 6.81. The minimum Gasteiger partial charge on any atom is -0.449 e. The van der Waals surface area contributed by atoms with Crippen LogP contribution in [0.2, 0.25) is 0 Å². The Balaban J connectivity index is 1.81. The van der Waals surface area contributed by atoms with Crippen LogP contribution in [0.15, 0.2) is 35.9 Å². The molecule has 0 radical (unpaired) electrons. The molecule has 0 heterocycles. The number of nitrogens with two attached hydrogens (primary N) is 1. The molecule has 4 N–H and O–H groups in total. The molecule has 1 unspecified atom stereocenters. The molecule has 2 rings (SSSR count). The summed E-state index contributed by atoms with van der Waals surface area (Å²) >= 11 is 0. The maximum atomic E-state index is 12.2. The largest absolute Gasteiger partial charge is 0.449 e. The van der Waals surface area contributed by atoms with Crippen LogP contribution in [0, 0.1) is 0 Å². The lowest BCUT2D eigenvalue weighted by Gasteiger charge is -2.16. The van der Waals surface area contributed by atoms with Gasteiger partial charge >= 0.3 is 12.0 Å². The first-order chi connectivity index (χ1) is 12.5. The van der Waals surface area contributed by atoms with E-state index < -0.39 is 18.1 Å². The highest BCUT2D eigenvalue weighted by Crippen LogP contribution is 2.19. The second-order valence-corrected chi connectivity index (χ2v) is 6.27. The smallest absolute Gasteiger partial charge is 0.338 e. The molecule has 0 saturated heterocycles. The predicted octanol–water partition coefficient (Wildman–Crippen LogP) is 2.73. The maximum Gasteiger partial charge on any atom is 0.338 e. The van der Waals surface area contributed by atoms with E-state index in [0.717, 1.165) is 19.3 Å². The van der Waals surface area contributed by atoms with Crippen LogP contribution in [0.5, 0.6) is 0 Å². The van der Waals surface area contributed by atoms with Gasteiger partial charge in [-0.1, -0.05) is 17.7 Å². The number of allylic oxidation sites excluding steroid dienone is 1. The first-order valence-corrected chi connectivity index (χ1v) is 8.79. The molecule has 1 atom stereocenters. The number of carbonyl (C=O) groups excluding carboxylic acids is 3. The quantitative estimate of drug-likeness (QED) is 0.513. The summed E-state index contributed by atoms with van der Waals surface area (Å²) in [4.78, 5) is 35.1. The summed E-state index contributed by atoms with van der Waals surface area (Å²) in [5, 5.41) is 5.18. The second kappa shape index (κ2) is 9.60. The van der Waals surface area contributed by atoms with E-state index in [9.17, 15) is 14.4 Å². The van der Waals surface area contributed by atoms with Crippen molar-refractivity contribution in [3.63, 3.8) is 0 Å². The highest BCUT2D eigenvalue weighted by molar-refractivity contribution is 5.94. The Hall–Kier alpha value is -2.83. The number of nitrogens with one attached hydrogen (secondary N) is 2. The second-order valence-electron chi connectivity index (χ2n) is 6.27. The van der Waals surface area contributed by atoms with Gasteiger partial charge in [-0.15, -0.1) is 0 Å². The summed E-state index contributed by atoms with van der Waals surface area (Å²) in [6, 6.07) is 5.43. The summed E-state index contributed by atoms with van der Waals surface area (Å²) in [5.74, 6) is -0.975. The fourth-order valence-corrected chi connectivity index (χ4v) is 2.77. The van der Waals surface area contributed by atoms with Crippen LogP contribution in [0.3, 0.4) is 0 Å². The highest BCUT2D eigenvalue weighted by Gasteiger charge is 2.19. The Labute approximate surface area is 153 Å². The molecule has 0 spiro atoms. The topological polar surface area (TPSA) is 111 Å². The average Bonchev–Trinajstić information content (AvgIpc) is 2.62. The van der Waals surface area contributed by atoms with Crippen molar-refractivity contribution < 1.29 is 19.1 Å². The minimum atomic E-state index is -0.907. The van der Waals surface area contributed by atoms with Gasteiger partial charge in [0.2, 0.25) is 0 Å². The predicted molar refractivity (Wildman–Crippen MR) is 98.7 cm³/mol.